The Kier molecular flexibility index (Phi) is 5.92. The number of anilines is 1. The number of aryl methyl sites for hydroxylation is 1. The SMILES string of the molecule is Cc1ccc(Cl)c(NC(=O)CCCSc2nnc(C3CC3)n2C)c1Cl. The molecule has 3 rings (SSSR count). The summed E-state index contributed by atoms with van der Waals surface area (Å²) >= 11 is 14.0. The van der Waals surface area contributed by atoms with Crippen molar-refractivity contribution < 1.29 is 4.79 Å². The van der Waals surface area contributed by atoms with Crippen LogP contribution in [0.4, 0.5) is 5.69 Å². The third-order valence-electron chi connectivity index (χ3n) is 4.14. The van der Waals surface area contributed by atoms with Crippen molar-refractivity contribution in [3.8, 4) is 0 Å². The summed E-state index contributed by atoms with van der Waals surface area (Å²) in [5.41, 5.74) is 1.37. The van der Waals surface area contributed by atoms with Crippen molar-refractivity contribution in [1.29, 1.82) is 0 Å². The van der Waals surface area contributed by atoms with Crippen LogP contribution in [-0.2, 0) is 11.8 Å². The summed E-state index contributed by atoms with van der Waals surface area (Å²) in [5.74, 6) is 2.37. The average Bonchev–Trinajstić information content (AvgIpc) is 3.36. The molecule has 1 aromatic heterocycles. The van der Waals surface area contributed by atoms with Crippen molar-refractivity contribution in [3.05, 3.63) is 33.6 Å². The number of carbonyl (C=O) groups is 1. The number of carbonyl (C=O) groups excluding carboxylic acids is 1. The minimum atomic E-state index is -0.0911. The van der Waals surface area contributed by atoms with E-state index in [1.165, 1.54) is 12.8 Å². The molecule has 0 spiro atoms. The topological polar surface area (TPSA) is 59.8 Å². The molecule has 1 aromatic carbocycles. The maximum Gasteiger partial charge on any atom is 0.224 e. The van der Waals surface area contributed by atoms with Crippen molar-refractivity contribution in [3.63, 3.8) is 0 Å². The van der Waals surface area contributed by atoms with Crippen molar-refractivity contribution >= 4 is 46.6 Å². The van der Waals surface area contributed by atoms with Crippen LogP contribution in [0.2, 0.25) is 10.0 Å². The molecule has 0 bridgehead atoms. The van der Waals surface area contributed by atoms with Gasteiger partial charge in [-0.2, -0.15) is 0 Å². The number of hydrogen-bond donors (Lipinski definition) is 1. The Hall–Kier alpha value is -1.24. The minimum Gasteiger partial charge on any atom is -0.324 e. The molecule has 1 aliphatic rings. The zero-order chi connectivity index (χ0) is 18.0. The summed E-state index contributed by atoms with van der Waals surface area (Å²) in [5, 5.41) is 13.2. The van der Waals surface area contributed by atoms with Crippen LogP contribution >= 0.6 is 35.0 Å². The van der Waals surface area contributed by atoms with E-state index in [1.54, 1.807) is 17.8 Å². The Labute approximate surface area is 161 Å². The summed E-state index contributed by atoms with van der Waals surface area (Å²) in [7, 11) is 2.00. The second-order valence-corrected chi connectivity index (χ2v) is 8.07. The maximum atomic E-state index is 12.1. The monoisotopic (exact) mass is 398 g/mol. The zero-order valence-corrected chi connectivity index (χ0v) is 16.5. The molecule has 0 unspecified atom stereocenters. The Balaban J connectivity index is 1.46. The van der Waals surface area contributed by atoms with Gasteiger partial charge in [-0.25, -0.2) is 0 Å². The van der Waals surface area contributed by atoms with E-state index >= 15 is 0 Å². The molecule has 1 N–H and O–H groups in total. The van der Waals surface area contributed by atoms with Gasteiger partial charge in [-0.05, 0) is 37.8 Å². The molecule has 0 saturated heterocycles. The van der Waals surface area contributed by atoms with Gasteiger partial charge >= 0.3 is 0 Å². The first-order chi connectivity index (χ1) is 12.0. The molecule has 0 radical (unpaired) electrons. The van der Waals surface area contributed by atoms with Crippen LogP contribution in [0.1, 0.15) is 43.0 Å². The van der Waals surface area contributed by atoms with E-state index in [4.69, 9.17) is 23.2 Å². The van der Waals surface area contributed by atoms with Crippen LogP contribution in [0.25, 0.3) is 0 Å². The molecule has 0 aliphatic heterocycles. The number of aromatic nitrogens is 3. The van der Waals surface area contributed by atoms with Gasteiger partial charge in [-0.3, -0.25) is 4.79 Å². The molecule has 1 saturated carbocycles. The fourth-order valence-electron chi connectivity index (χ4n) is 2.52. The van der Waals surface area contributed by atoms with E-state index in [0.717, 1.165) is 28.7 Å². The fraction of sp³-hybridized carbons (Fsp3) is 0.471. The summed E-state index contributed by atoms with van der Waals surface area (Å²) in [6.45, 7) is 1.88. The lowest BCUT2D eigenvalue weighted by molar-refractivity contribution is -0.116. The van der Waals surface area contributed by atoms with Gasteiger partial charge in [0, 0.05) is 25.1 Å². The summed E-state index contributed by atoms with van der Waals surface area (Å²) in [6.07, 6.45) is 3.56. The van der Waals surface area contributed by atoms with E-state index in [-0.39, 0.29) is 5.91 Å². The maximum absolute atomic E-state index is 12.1. The van der Waals surface area contributed by atoms with E-state index in [0.29, 0.717) is 28.1 Å². The number of nitrogens with one attached hydrogen (secondary N) is 1. The Morgan fingerprint density at radius 3 is 2.84 bits per heavy atom. The molecule has 1 aliphatic carbocycles. The van der Waals surface area contributed by atoms with Crippen LogP contribution < -0.4 is 5.32 Å². The van der Waals surface area contributed by atoms with Crippen LogP contribution in [0, 0.1) is 6.92 Å². The molecule has 1 fully saturated rings. The molecular weight excluding hydrogens is 379 g/mol. The molecule has 134 valence electrons. The first-order valence-corrected chi connectivity index (χ1v) is 9.98. The Morgan fingerprint density at radius 1 is 1.36 bits per heavy atom. The number of rotatable bonds is 7. The summed E-state index contributed by atoms with van der Waals surface area (Å²) in [6, 6.07) is 3.56. The molecule has 1 heterocycles. The molecule has 2 aromatic rings. The Bertz CT molecular complexity index is 789. The fourth-order valence-corrected chi connectivity index (χ4v) is 3.84. The lowest BCUT2D eigenvalue weighted by Gasteiger charge is -2.11. The highest BCUT2D eigenvalue weighted by molar-refractivity contribution is 7.99. The van der Waals surface area contributed by atoms with Gasteiger partial charge in [0.25, 0.3) is 0 Å². The lowest BCUT2D eigenvalue weighted by atomic mass is 10.2. The van der Waals surface area contributed by atoms with Crippen molar-refractivity contribution in [1.82, 2.24) is 14.8 Å². The third-order valence-corrected chi connectivity index (χ3v) is 6.05. The zero-order valence-electron chi connectivity index (χ0n) is 14.2. The number of thioether (sulfide) groups is 1. The second kappa shape index (κ2) is 7.98. The van der Waals surface area contributed by atoms with Gasteiger partial charge in [0.1, 0.15) is 5.82 Å². The molecule has 0 atom stereocenters. The first kappa shape index (κ1) is 18.5. The predicted molar refractivity (Wildman–Crippen MR) is 103 cm³/mol. The summed E-state index contributed by atoms with van der Waals surface area (Å²) in [4.78, 5) is 12.1. The summed E-state index contributed by atoms with van der Waals surface area (Å²) < 4.78 is 2.06. The highest BCUT2D eigenvalue weighted by atomic mass is 35.5. The van der Waals surface area contributed by atoms with E-state index < -0.39 is 0 Å². The van der Waals surface area contributed by atoms with Crippen molar-refractivity contribution in [2.24, 2.45) is 7.05 Å². The number of nitrogens with zero attached hydrogens (tertiary/aromatic N) is 3. The highest BCUT2D eigenvalue weighted by Crippen LogP contribution is 2.39. The molecule has 1 amide bonds. The van der Waals surface area contributed by atoms with E-state index in [1.807, 2.05) is 20.0 Å². The number of hydrogen-bond acceptors (Lipinski definition) is 4. The smallest absolute Gasteiger partial charge is 0.224 e. The molecular formula is C17H20Cl2N4OS. The quantitative estimate of drug-likeness (QED) is 0.536. The van der Waals surface area contributed by atoms with Crippen LogP contribution in [0.3, 0.4) is 0 Å². The van der Waals surface area contributed by atoms with Crippen molar-refractivity contribution in [2.75, 3.05) is 11.1 Å². The van der Waals surface area contributed by atoms with Crippen molar-refractivity contribution in [2.45, 2.75) is 43.7 Å². The number of halogens is 2. The largest absolute Gasteiger partial charge is 0.324 e. The predicted octanol–water partition coefficient (Wildman–Crippen LogP) is 4.82. The second-order valence-electron chi connectivity index (χ2n) is 6.23. The number of amides is 1. The normalized spacial score (nSPS) is 13.9. The van der Waals surface area contributed by atoms with Crippen LogP contribution in [-0.4, -0.2) is 26.4 Å². The number of benzene rings is 1. The lowest BCUT2D eigenvalue weighted by Crippen LogP contribution is -2.12. The third kappa shape index (κ3) is 4.49. The van der Waals surface area contributed by atoms with Gasteiger partial charge in [-0.1, -0.05) is 41.0 Å². The average molecular weight is 399 g/mol. The van der Waals surface area contributed by atoms with Gasteiger partial charge in [0.05, 0.1) is 15.7 Å². The van der Waals surface area contributed by atoms with Gasteiger partial charge in [0.2, 0.25) is 5.91 Å². The van der Waals surface area contributed by atoms with Gasteiger partial charge in [0.15, 0.2) is 5.16 Å². The van der Waals surface area contributed by atoms with E-state index in [9.17, 15) is 4.79 Å². The van der Waals surface area contributed by atoms with E-state index in [2.05, 4.69) is 20.1 Å². The molecule has 25 heavy (non-hydrogen) atoms. The first-order valence-electron chi connectivity index (χ1n) is 8.24. The highest BCUT2D eigenvalue weighted by Gasteiger charge is 2.29. The Morgan fingerprint density at radius 2 is 2.12 bits per heavy atom. The minimum absolute atomic E-state index is 0.0911. The van der Waals surface area contributed by atoms with Crippen LogP contribution in [0.15, 0.2) is 17.3 Å². The standard InChI is InChI=1S/C17H20Cl2N4OS/c1-10-5-8-12(18)15(14(10)19)20-13(24)4-3-9-25-17-22-21-16(23(17)2)11-6-7-11/h5,8,11H,3-4,6-7,9H2,1-2H3,(H,20,24). The van der Waals surface area contributed by atoms with Gasteiger partial charge < -0.3 is 9.88 Å². The van der Waals surface area contributed by atoms with Crippen LogP contribution in [0.5, 0.6) is 0 Å². The van der Waals surface area contributed by atoms with Gasteiger partial charge in [-0.15, -0.1) is 10.2 Å². The molecule has 8 heteroatoms. The molecule has 5 nitrogen and oxygen atoms in total.